The predicted molar refractivity (Wildman–Crippen MR) is 113 cm³/mol. The number of para-hydroxylation sites is 1. The lowest BCUT2D eigenvalue weighted by Crippen LogP contribution is -2.21. The fraction of sp³-hybridized carbons (Fsp3) is 0.364. The second-order valence-electron chi connectivity index (χ2n) is 7.26. The van der Waals surface area contributed by atoms with Gasteiger partial charge in [0.1, 0.15) is 5.75 Å². The van der Waals surface area contributed by atoms with Crippen LogP contribution in [0.2, 0.25) is 0 Å². The van der Waals surface area contributed by atoms with Gasteiger partial charge in [0, 0.05) is 10.9 Å². The number of hydrogen-bond acceptors (Lipinski definition) is 5. The molecule has 1 saturated heterocycles. The Labute approximate surface area is 179 Å². The van der Waals surface area contributed by atoms with Crippen LogP contribution in [0, 0.1) is 0 Å². The van der Waals surface area contributed by atoms with Gasteiger partial charge in [0.2, 0.25) is 0 Å². The summed E-state index contributed by atoms with van der Waals surface area (Å²) in [4.78, 5) is 2.41. The maximum absolute atomic E-state index is 12.4. The highest BCUT2D eigenvalue weighted by atomic mass is 32.2. The van der Waals surface area contributed by atoms with E-state index in [2.05, 4.69) is 43.5 Å². The highest BCUT2D eigenvalue weighted by Gasteiger charge is 2.21. The van der Waals surface area contributed by atoms with Gasteiger partial charge in [-0.1, -0.05) is 42.1 Å². The summed E-state index contributed by atoms with van der Waals surface area (Å²) in [7, 11) is 0. The van der Waals surface area contributed by atoms with Crippen LogP contribution < -0.4 is 4.74 Å². The largest absolute Gasteiger partial charge is 0.435 e. The number of aromatic nitrogens is 3. The Bertz CT molecular complexity index is 944. The van der Waals surface area contributed by atoms with Crippen molar-refractivity contribution in [2.75, 3.05) is 13.1 Å². The lowest BCUT2D eigenvalue weighted by atomic mass is 10.2. The number of thioether (sulfide) groups is 1. The number of nitrogens with zero attached hydrogens (tertiary/aromatic N) is 4. The first-order valence-electron chi connectivity index (χ1n) is 10.0. The standard InChI is InChI=1S/C22H24F2N4OS/c1-16(17-9-11-19(12-10-17)29-21(23)24)30-22-26-25-20(15-27-13-5-6-14-27)28(22)18-7-3-2-4-8-18/h2-4,7-12,16,21H,5-6,13-15H2,1H3. The molecule has 0 aliphatic carbocycles. The SMILES string of the molecule is CC(Sc1nnc(CN2CCCC2)n1-c1ccccc1)c1ccc(OC(F)F)cc1. The van der Waals surface area contributed by atoms with E-state index < -0.39 is 6.61 Å². The van der Waals surface area contributed by atoms with Gasteiger partial charge in [-0.2, -0.15) is 8.78 Å². The molecule has 1 atom stereocenters. The molecule has 5 nitrogen and oxygen atoms in total. The summed E-state index contributed by atoms with van der Waals surface area (Å²) in [6.45, 7) is 2.20. The van der Waals surface area contributed by atoms with Crippen molar-refractivity contribution in [2.45, 2.75) is 43.3 Å². The minimum absolute atomic E-state index is 0.0666. The van der Waals surface area contributed by atoms with Crippen molar-refractivity contribution < 1.29 is 13.5 Å². The summed E-state index contributed by atoms with van der Waals surface area (Å²) < 4.78 is 31.3. The summed E-state index contributed by atoms with van der Waals surface area (Å²) in [5.74, 6) is 1.09. The number of halogens is 2. The monoisotopic (exact) mass is 430 g/mol. The van der Waals surface area contributed by atoms with Crippen LogP contribution in [0.1, 0.15) is 36.4 Å². The lowest BCUT2D eigenvalue weighted by Gasteiger charge is -2.17. The minimum atomic E-state index is -2.82. The van der Waals surface area contributed by atoms with Crippen LogP contribution in [0.25, 0.3) is 5.69 Å². The van der Waals surface area contributed by atoms with E-state index >= 15 is 0 Å². The van der Waals surface area contributed by atoms with E-state index in [0.717, 1.165) is 41.9 Å². The molecule has 0 saturated carbocycles. The average Bonchev–Trinajstić information content (AvgIpc) is 3.39. The molecule has 0 amide bonds. The number of rotatable bonds is 8. The normalized spacial score (nSPS) is 15.6. The molecule has 30 heavy (non-hydrogen) atoms. The first kappa shape index (κ1) is 20.8. The van der Waals surface area contributed by atoms with Gasteiger partial charge in [0.05, 0.1) is 6.54 Å². The van der Waals surface area contributed by atoms with Crippen LogP contribution in [0.3, 0.4) is 0 Å². The second kappa shape index (κ2) is 9.57. The Balaban J connectivity index is 1.56. The zero-order chi connectivity index (χ0) is 20.9. The average molecular weight is 431 g/mol. The van der Waals surface area contributed by atoms with Gasteiger partial charge in [-0.05, 0) is 62.7 Å². The Hall–Kier alpha value is -2.45. The Morgan fingerprint density at radius 2 is 1.70 bits per heavy atom. The lowest BCUT2D eigenvalue weighted by molar-refractivity contribution is -0.0498. The highest BCUT2D eigenvalue weighted by Crippen LogP contribution is 2.36. The van der Waals surface area contributed by atoms with Crippen molar-refractivity contribution in [3.63, 3.8) is 0 Å². The molecule has 1 unspecified atom stereocenters. The first-order chi connectivity index (χ1) is 14.6. The number of ether oxygens (including phenoxy) is 1. The van der Waals surface area contributed by atoms with Crippen molar-refractivity contribution in [1.82, 2.24) is 19.7 Å². The molecule has 1 fully saturated rings. The van der Waals surface area contributed by atoms with Crippen LogP contribution in [0.15, 0.2) is 59.8 Å². The van der Waals surface area contributed by atoms with E-state index in [1.54, 1.807) is 23.9 Å². The summed E-state index contributed by atoms with van der Waals surface area (Å²) in [5, 5.41) is 9.86. The summed E-state index contributed by atoms with van der Waals surface area (Å²) in [5.41, 5.74) is 2.04. The van der Waals surface area contributed by atoms with E-state index in [-0.39, 0.29) is 11.0 Å². The predicted octanol–water partition coefficient (Wildman–Crippen LogP) is 5.32. The van der Waals surface area contributed by atoms with Gasteiger partial charge in [0.15, 0.2) is 11.0 Å². The smallest absolute Gasteiger partial charge is 0.387 e. The fourth-order valence-electron chi connectivity index (χ4n) is 3.60. The molecule has 0 spiro atoms. The molecule has 4 rings (SSSR count). The van der Waals surface area contributed by atoms with Crippen molar-refractivity contribution in [3.05, 3.63) is 66.0 Å². The van der Waals surface area contributed by atoms with Crippen LogP contribution >= 0.6 is 11.8 Å². The molecule has 1 aliphatic heterocycles. The quantitative estimate of drug-likeness (QED) is 0.453. The Morgan fingerprint density at radius 3 is 2.37 bits per heavy atom. The van der Waals surface area contributed by atoms with Gasteiger partial charge in [0.25, 0.3) is 0 Å². The topological polar surface area (TPSA) is 43.2 Å². The van der Waals surface area contributed by atoms with Crippen LogP contribution in [-0.2, 0) is 6.54 Å². The third-order valence-corrected chi connectivity index (χ3v) is 6.24. The molecule has 0 N–H and O–H groups in total. The Kier molecular flexibility index (Phi) is 6.64. The zero-order valence-electron chi connectivity index (χ0n) is 16.7. The number of likely N-dealkylation sites (tertiary alicyclic amines) is 1. The molecular weight excluding hydrogens is 406 g/mol. The second-order valence-corrected chi connectivity index (χ2v) is 8.57. The molecule has 3 aromatic rings. The van der Waals surface area contributed by atoms with Crippen molar-refractivity contribution in [1.29, 1.82) is 0 Å². The molecule has 0 radical (unpaired) electrons. The molecule has 0 bridgehead atoms. The van der Waals surface area contributed by atoms with E-state index in [9.17, 15) is 8.78 Å². The van der Waals surface area contributed by atoms with Crippen LogP contribution in [0.4, 0.5) is 8.78 Å². The molecule has 158 valence electrons. The molecule has 1 aromatic heterocycles. The van der Waals surface area contributed by atoms with E-state index in [1.807, 2.05) is 30.3 Å². The van der Waals surface area contributed by atoms with Crippen LogP contribution in [0.5, 0.6) is 5.75 Å². The third-order valence-electron chi connectivity index (χ3n) is 5.14. The van der Waals surface area contributed by atoms with Gasteiger partial charge in [-0.25, -0.2) is 0 Å². The molecule has 8 heteroatoms. The van der Waals surface area contributed by atoms with Crippen LogP contribution in [-0.4, -0.2) is 39.4 Å². The van der Waals surface area contributed by atoms with E-state index in [1.165, 1.54) is 12.8 Å². The Morgan fingerprint density at radius 1 is 1.00 bits per heavy atom. The number of alkyl halides is 2. The zero-order valence-corrected chi connectivity index (χ0v) is 17.6. The van der Waals surface area contributed by atoms with Crippen molar-refractivity contribution in [2.24, 2.45) is 0 Å². The fourth-order valence-corrected chi connectivity index (χ4v) is 4.62. The maximum Gasteiger partial charge on any atom is 0.387 e. The molecule has 2 aromatic carbocycles. The summed E-state index contributed by atoms with van der Waals surface area (Å²) in [6.07, 6.45) is 2.45. The molecule has 1 aliphatic rings. The van der Waals surface area contributed by atoms with Crippen molar-refractivity contribution in [3.8, 4) is 11.4 Å². The number of hydrogen-bond donors (Lipinski definition) is 0. The summed E-state index contributed by atoms with van der Waals surface area (Å²) in [6, 6.07) is 16.9. The van der Waals surface area contributed by atoms with Gasteiger partial charge in [-0.3, -0.25) is 9.47 Å². The van der Waals surface area contributed by atoms with Crippen molar-refractivity contribution >= 4 is 11.8 Å². The van der Waals surface area contributed by atoms with Gasteiger partial charge in [-0.15, -0.1) is 10.2 Å². The third kappa shape index (κ3) is 4.99. The first-order valence-corrected chi connectivity index (χ1v) is 10.9. The van der Waals surface area contributed by atoms with E-state index in [0.29, 0.717) is 0 Å². The maximum atomic E-state index is 12.4. The highest BCUT2D eigenvalue weighted by molar-refractivity contribution is 7.99. The number of benzene rings is 2. The van der Waals surface area contributed by atoms with E-state index in [4.69, 9.17) is 0 Å². The minimum Gasteiger partial charge on any atom is -0.435 e. The van der Waals surface area contributed by atoms with Gasteiger partial charge >= 0.3 is 6.61 Å². The molecular formula is C22H24F2N4OS. The molecule has 2 heterocycles. The van der Waals surface area contributed by atoms with Gasteiger partial charge < -0.3 is 4.74 Å². The summed E-state index contributed by atoms with van der Waals surface area (Å²) >= 11 is 1.60.